The minimum atomic E-state index is -0.693. The maximum atomic E-state index is 11.6. The summed E-state index contributed by atoms with van der Waals surface area (Å²) in [5.41, 5.74) is 0. The van der Waals surface area contributed by atoms with Crippen molar-refractivity contribution in [3.63, 3.8) is 0 Å². The van der Waals surface area contributed by atoms with E-state index in [1.54, 1.807) is 0 Å². The number of carbonyl (C=O) groups excluding carboxylic acids is 1. The van der Waals surface area contributed by atoms with Crippen molar-refractivity contribution in [1.29, 1.82) is 0 Å². The fraction of sp³-hybridized carbons (Fsp3) is 0.786. The van der Waals surface area contributed by atoms with Crippen LogP contribution in [0.1, 0.15) is 63.3 Å². The summed E-state index contributed by atoms with van der Waals surface area (Å²) in [4.78, 5) is 15.8. The molecule has 20 heavy (non-hydrogen) atoms. The van der Waals surface area contributed by atoms with Gasteiger partial charge in [-0.2, -0.15) is 4.98 Å². The van der Waals surface area contributed by atoms with Gasteiger partial charge < -0.3 is 14.9 Å². The molecule has 1 heterocycles. The van der Waals surface area contributed by atoms with E-state index in [1.165, 1.54) is 0 Å². The molecular formula is C14H23N3O3. The first-order valence-electron chi connectivity index (χ1n) is 7.48. The Labute approximate surface area is 118 Å². The van der Waals surface area contributed by atoms with E-state index >= 15 is 0 Å². The Bertz CT molecular complexity index is 427. The lowest BCUT2D eigenvalue weighted by molar-refractivity contribution is -0.120. The minimum Gasteiger partial charge on any atom is -0.383 e. The summed E-state index contributed by atoms with van der Waals surface area (Å²) in [6.45, 7) is 2.74. The van der Waals surface area contributed by atoms with Crippen LogP contribution in [0.25, 0.3) is 0 Å². The van der Waals surface area contributed by atoms with E-state index in [-0.39, 0.29) is 24.1 Å². The van der Waals surface area contributed by atoms with Crippen molar-refractivity contribution in [1.82, 2.24) is 15.5 Å². The molecule has 0 radical (unpaired) electrons. The maximum absolute atomic E-state index is 11.6. The second-order valence-corrected chi connectivity index (χ2v) is 5.42. The molecule has 1 aromatic heterocycles. The van der Waals surface area contributed by atoms with Crippen LogP contribution in [0.15, 0.2) is 4.52 Å². The van der Waals surface area contributed by atoms with Crippen molar-refractivity contribution < 1.29 is 14.4 Å². The SMILES string of the molecule is CCCCNC(=O)Cc1noc(C(O)C2CCCC2)n1. The van der Waals surface area contributed by atoms with E-state index in [1.807, 2.05) is 0 Å². The molecule has 1 amide bonds. The number of unbranched alkanes of at least 4 members (excludes halogenated alkanes) is 1. The second-order valence-electron chi connectivity index (χ2n) is 5.42. The summed E-state index contributed by atoms with van der Waals surface area (Å²) in [7, 11) is 0. The van der Waals surface area contributed by atoms with Gasteiger partial charge in [0.15, 0.2) is 5.82 Å². The Balaban J connectivity index is 1.83. The van der Waals surface area contributed by atoms with Crippen LogP contribution < -0.4 is 5.32 Å². The summed E-state index contributed by atoms with van der Waals surface area (Å²) in [6, 6.07) is 0. The lowest BCUT2D eigenvalue weighted by Gasteiger charge is -2.12. The molecule has 0 saturated heterocycles. The van der Waals surface area contributed by atoms with E-state index in [4.69, 9.17) is 4.52 Å². The Morgan fingerprint density at radius 2 is 2.25 bits per heavy atom. The van der Waals surface area contributed by atoms with Crippen molar-refractivity contribution in [3.05, 3.63) is 11.7 Å². The summed E-state index contributed by atoms with van der Waals surface area (Å²) in [5.74, 6) is 0.683. The van der Waals surface area contributed by atoms with Crippen molar-refractivity contribution in [2.24, 2.45) is 5.92 Å². The van der Waals surface area contributed by atoms with Gasteiger partial charge >= 0.3 is 0 Å². The molecule has 2 N–H and O–H groups in total. The third-order valence-corrected chi connectivity index (χ3v) is 3.75. The first kappa shape index (κ1) is 15.0. The van der Waals surface area contributed by atoms with Gasteiger partial charge in [-0.1, -0.05) is 31.3 Å². The molecule has 6 heteroatoms. The third-order valence-electron chi connectivity index (χ3n) is 3.75. The molecular weight excluding hydrogens is 258 g/mol. The van der Waals surface area contributed by atoms with Gasteiger partial charge in [-0.05, 0) is 25.2 Å². The number of rotatable bonds is 7. The number of aliphatic hydroxyl groups is 1. The second kappa shape index (κ2) is 7.38. The summed E-state index contributed by atoms with van der Waals surface area (Å²) in [5, 5.41) is 16.7. The molecule has 1 saturated carbocycles. The Kier molecular flexibility index (Phi) is 5.52. The average molecular weight is 281 g/mol. The highest BCUT2D eigenvalue weighted by Crippen LogP contribution is 2.34. The molecule has 0 spiro atoms. The topological polar surface area (TPSA) is 88.2 Å². The lowest BCUT2D eigenvalue weighted by atomic mass is 10.0. The molecule has 1 aliphatic rings. The van der Waals surface area contributed by atoms with E-state index in [2.05, 4.69) is 22.4 Å². The zero-order chi connectivity index (χ0) is 14.4. The zero-order valence-electron chi connectivity index (χ0n) is 12.0. The highest BCUT2D eigenvalue weighted by molar-refractivity contribution is 5.77. The van der Waals surface area contributed by atoms with Gasteiger partial charge in [-0.15, -0.1) is 0 Å². The maximum Gasteiger partial charge on any atom is 0.255 e. The van der Waals surface area contributed by atoms with Crippen molar-refractivity contribution in [2.45, 2.75) is 58.0 Å². The van der Waals surface area contributed by atoms with Gasteiger partial charge in [0.25, 0.3) is 5.89 Å². The fourth-order valence-electron chi connectivity index (χ4n) is 2.54. The Morgan fingerprint density at radius 1 is 1.50 bits per heavy atom. The molecule has 1 atom stereocenters. The smallest absolute Gasteiger partial charge is 0.255 e. The minimum absolute atomic E-state index is 0.102. The summed E-state index contributed by atoms with van der Waals surface area (Å²) >= 11 is 0. The predicted octanol–water partition coefficient (Wildman–Crippen LogP) is 1.75. The molecule has 0 aromatic carbocycles. The van der Waals surface area contributed by atoms with E-state index in [0.29, 0.717) is 12.4 Å². The van der Waals surface area contributed by atoms with Gasteiger partial charge in [0.05, 0.1) is 6.42 Å². The molecule has 1 fully saturated rings. The number of hydrogen-bond donors (Lipinski definition) is 2. The number of carbonyl (C=O) groups is 1. The summed E-state index contributed by atoms with van der Waals surface area (Å²) in [6.07, 6.45) is 5.69. The van der Waals surface area contributed by atoms with Gasteiger partial charge in [0, 0.05) is 6.54 Å². The number of hydrogen-bond acceptors (Lipinski definition) is 5. The van der Waals surface area contributed by atoms with E-state index in [0.717, 1.165) is 38.5 Å². The molecule has 1 aromatic rings. The van der Waals surface area contributed by atoms with Crippen LogP contribution in [0.5, 0.6) is 0 Å². The lowest BCUT2D eigenvalue weighted by Crippen LogP contribution is -2.26. The first-order chi connectivity index (χ1) is 9.70. The molecule has 112 valence electrons. The van der Waals surface area contributed by atoms with Crippen LogP contribution in [0.2, 0.25) is 0 Å². The van der Waals surface area contributed by atoms with Crippen LogP contribution in [0, 0.1) is 5.92 Å². The normalized spacial score (nSPS) is 17.3. The van der Waals surface area contributed by atoms with Crippen LogP contribution in [0.3, 0.4) is 0 Å². The molecule has 2 rings (SSSR count). The van der Waals surface area contributed by atoms with Crippen LogP contribution >= 0.6 is 0 Å². The van der Waals surface area contributed by atoms with E-state index < -0.39 is 6.10 Å². The van der Waals surface area contributed by atoms with Gasteiger partial charge in [0.2, 0.25) is 5.91 Å². The van der Waals surface area contributed by atoms with Gasteiger partial charge in [-0.3, -0.25) is 4.79 Å². The monoisotopic (exact) mass is 281 g/mol. The van der Waals surface area contributed by atoms with Crippen molar-refractivity contribution in [2.75, 3.05) is 6.54 Å². The predicted molar refractivity (Wildman–Crippen MR) is 72.8 cm³/mol. The van der Waals surface area contributed by atoms with Crippen LogP contribution in [-0.4, -0.2) is 27.7 Å². The number of nitrogens with one attached hydrogen (secondary N) is 1. The molecule has 0 aliphatic heterocycles. The van der Waals surface area contributed by atoms with E-state index in [9.17, 15) is 9.90 Å². The highest BCUT2D eigenvalue weighted by Gasteiger charge is 2.28. The highest BCUT2D eigenvalue weighted by atomic mass is 16.5. The van der Waals surface area contributed by atoms with Crippen LogP contribution in [-0.2, 0) is 11.2 Å². The van der Waals surface area contributed by atoms with Gasteiger partial charge in [-0.25, -0.2) is 0 Å². The number of aliphatic hydroxyl groups excluding tert-OH is 1. The van der Waals surface area contributed by atoms with Crippen LogP contribution in [0.4, 0.5) is 0 Å². The Morgan fingerprint density at radius 3 is 2.95 bits per heavy atom. The average Bonchev–Trinajstić information content (AvgIpc) is 3.09. The first-order valence-corrected chi connectivity index (χ1v) is 7.48. The fourth-order valence-corrected chi connectivity index (χ4v) is 2.54. The Hall–Kier alpha value is -1.43. The number of amides is 1. The number of aromatic nitrogens is 2. The van der Waals surface area contributed by atoms with Crippen molar-refractivity contribution in [3.8, 4) is 0 Å². The quantitative estimate of drug-likeness (QED) is 0.743. The molecule has 6 nitrogen and oxygen atoms in total. The number of nitrogens with zero attached hydrogens (tertiary/aromatic N) is 2. The largest absolute Gasteiger partial charge is 0.383 e. The molecule has 1 unspecified atom stereocenters. The van der Waals surface area contributed by atoms with Crippen molar-refractivity contribution >= 4 is 5.91 Å². The molecule has 1 aliphatic carbocycles. The standard InChI is InChI=1S/C14H23N3O3/c1-2-3-8-15-12(18)9-11-16-14(20-17-11)13(19)10-6-4-5-7-10/h10,13,19H,2-9H2,1H3,(H,15,18). The third kappa shape index (κ3) is 4.03. The van der Waals surface area contributed by atoms with Gasteiger partial charge in [0.1, 0.15) is 6.10 Å². The molecule has 0 bridgehead atoms. The zero-order valence-corrected chi connectivity index (χ0v) is 12.0. The summed E-state index contributed by atoms with van der Waals surface area (Å²) < 4.78 is 5.07.